The molecule has 0 aromatic heterocycles. The lowest BCUT2D eigenvalue weighted by atomic mass is 10.0. The van der Waals surface area contributed by atoms with Crippen LogP contribution in [0.2, 0.25) is 0 Å². The lowest BCUT2D eigenvalue weighted by molar-refractivity contribution is -0.128. The molecular formula is C18H17F2NO3. The molecule has 1 heterocycles. The smallest absolute Gasteiger partial charge is 0.261 e. The minimum atomic E-state index is -1.16. The Kier molecular flexibility index (Phi) is 4.49. The number of amides is 1. The molecule has 0 aliphatic carbocycles. The molecule has 4 nitrogen and oxygen atoms in total. The molecule has 3 atom stereocenters. The highest BCUT2D eigenvalue weighted by Crippen LogP contribution is 2.28. The number of ether oxygens (including phenoxy) is 1. The van der Waals surface area contributed by atoms with E-state index >= 15 is 0 Å². The molecule has 126 valence electrons. The molecule has 0 radical (unpaired) electrons. The van der Waals surface area contributed by atoms with Crippen molar-refractivity contribution in [3.05, 3.63) is 65.2 Å². The molecule has 0 saturated carbocycles. The first-order chi connectivity index (χ1) is 11.5. The molecule has 0 bridgehead atoms. The maximum atomic E-state index is 13.3. The van der Waals surface area contributed by atoms with Gasteiger partial charge in [-0.15, -0.1) is 0 Å². The van der Waals surface area contributed by atoms with Crippen molar-refractivity contribution in [3.8, 4) is 5.75 Å². The Balaban J connectivity index is 1.63. The average Bonchev–Trinajstić information content (AvgIpc) is 3.01. The van der Waals surface area contributed by atoms with Gasteiger partial charge in [0, 0.05) is 6.42 Å². The highest BCUT2D eigenvalue weighted by molar-refractivity contribution is 5.82. The van der Waals surface area contributed by atoms with Gasteiger partial charge in [-0.2, -0.15) is 0 Å². The van der Waals surface area contributed by atoms with Crippen LogP contribution in [-0.4, -0.2) is 23.2 Å². The zero-order valence-corrected chi connectivity index (χ0v) is 13.0. The molecule has 2 aromatic carbocycles. The van der Waals surface area contributed by atoms with Gasteiger partial charge in [-0.05, 0) is 36.2 Å². The van der Waals surface area contributed by atoms with Gasteiger partial charge in [0.1, 0.15) is 5.75 Å². The van der Waals surface area contributed by atoms with Gasteiger partial charge in [0.2, 0.25) is 0 Å². The van der Waals surface area contributed by atoms with Gasteiger partial charge in [-0.1, -0.05) is 24.3 Å². The monoisotopic (exact) mass is 333 g/mol. The Morgan fingerprint density at radius 1 is 1.25 bits per heavy atom. The van der Waals surface area contributed by atoms with Crippen LogP contribution in [0.1, 0.15) is 24.2 Å². The second kappa shape index (κ2) is 6.57. The van der Waals surface area contributed by atoms with Crippen molar-refractivity contribution in [1.29, 1.82) is 0 Å². The van der Waals surface area contributed by atoms with Gasteiger partial charge in [0.25, 0.3) is 5.91 Å². The number of aliphatic hydroxyl groups excluding tert-OH is 1. The van der Waals surface area contributed by atoms with Crippen LogP contribution in [0.15, 0.2) is 42.5 Å². The van der Waals surface area contributed by atoms with Gasteiger partial charge < -0.3 is 15.2 Å². The molecule has 1 aliphatic rings. The Morgan fingerprint density at radius 2 is 2.00 bits per heavy atom. The fourth-order valence-corrected chi connectivity index (χ4v) is 2.71. The topological polar surface area (TPSA) is 58.6 Å². The molecule has 2 aromatic rings. The van der Waals surface area contributed by atoms with E-state index in [4.69, 9.17) is 4.74 Å². The third-order valence-corrected chi connectivity index (χ3v) is 4.07. The third-order valence-electron chi connectivity index (χ3n) is 4.07. The van der Waals surface area contributed by atoms with Crippen LogP contribution >= 0.6 is 0 Å². The molecule has 3 rings (SSSR count). The lowest BCUT2D eigenvalue weighted by Crippen LogP contribution is -2.44. The minimum absolute atomic E-state index is 0.192. The zero-order chi connectivity index (χ0) is 17.3. The summed E-state index contributed by atoms with van der Waals surface area (Å²) in [4.78, 5) is 12.3. The van der Waals surface area contributed by atoms with Crippen LogP contribution in [0.4, 0.5) is 8.78 Å². The SMILES string of the molecule is CC(NC(=O)C1Cc2ccccc2O1)C(O)c1ccc(F)c(F)c1. The number of benzene rings is 2. The van der Waals surface area contributed by atoms with Crippen molar-refractivity contribution in [1.82, 2.24) is 5.32 Å². The van der Waals surface area contributed by atoms with E-state index in [0.717, 1.165) is 17.7 Å². The van der Waals surface area contributed by atoms with Gasteiger partial charge in [0.05, 0.1) is 12.1 Å². The van der Waals surface area contributed by atoms with E-state index in [1.54, 1.807) is 13.0 Å². The van der Waals surface area contributed by atoms with E-state index in [-0.39, 0.29) is 11.5 Å². The molecule has 3 unspecified atom stereocenters. The van der Waals surface area contributed by atoms with Crippen molar-refractivity contribution in [3.63, 3.8) is 0 Å². The Hall–Kier alpha value is -2.47. The van der Waals surface area contributed by atoms with Crippen molar-refractivity contribution in [2.24, 2.45) is 0 Å². The number of nitrogens with one attached hydrogen (secondary N) is 1. The second-order valence-corrected chi connectivity index (χ2v) is 5.83. The minimum Gasteiger partial charge on any atom is -0.480 e. The predicted molar refractivity (Wildman–Crippen MR) is 83.5 cm³/mol. The van der Waals surface area contributed by atoms with Crippen LogP contribution < -0.4 is 10.1 Å². The highest BCUT2D eigenvalue weighted by atomic mass is 19.2. The van der Waals surface area contributed by atoms with E-state index < -0.39 is 29.9 Å². The molecular weight excluding hydrogens is 316 g/mol. The van der Waals surface area contributed by atoms with Crippen molar-refractivity contribution < 1.29 is 23.4 Å². The van der Waals surface area contributed by atoms with Crippen LogP contribution in [0.25, 0.3) is 0 Å². The molecule has 0 saturated heterocycles. The van der Waals surface area contributed by atoms with Crippen LogP contribution in [0, 0.1) is 11.6 Å². The van der Waals surface area contributed by atoms with Gasteiger partial charge in [-0.3, -0.25) is 4.79 Å². The number of carbonyl (C=O) groups excluding carboxylic acids is 1. The molecule has 0 spiro atoms. The van der Waals surface area contributed by atoms with E-state index in [1.165, 1.54) is 6.07 Å². The zero-order valence-electron chi connectivity index (χ0n) is 13.0. The van der Waals surface area contributed by atoms with Crippen LogP contribution in [0.5, 0.6) is 5.75 Å². The van der Waals surface area contributed by atoms with Gasteiger partial charge in [0.15, 0.2) is 17.7 Å². The number of aliphatic hydroxyl groups is 1. The number of hydrogen-bond donors (Lipinski definition) is 2. The fourth-order valence-electron chi connectivity index (χ4n) is 2.71. The summed E-state index contributed by atoms with van der Waals surface area (Å²) in [6.45, 7) is 1.59. The van der Waals surface area contributed by atoms with Crippen LogP contribution in [0.3, 0.4) is 0 Å². The number of halogens is 2. The summed E-state index contributed by atoms with van der Waals surface area (Å²) < 4.78 is 31.8. The number of carbonyl (C=O) groups is 1. The van der Waals surface area contributed by atoms with Crippen LogP contribution in [-0.2, 0) is 11.2 Å². The predicted octanol–water partition coefficient (Wildman–Crippen LogP) is 2.51. The number of fused-ring (bicyclic) bond motifs is 1. The summed E-state index contributed by atoms with van der Waals surface area (Å²) in [7, 11) is 0. The van der Waals surface area contributed by atoms with E-state index in [0.29, 0.717) is 12.2 Å². The Labute approximate surface area is 138 Å². The molecule has 1 amide bonds. The molecule has 24 heavy (non-hydrogen) atoms. The highest BCUT2D eigenvalue weighted by Gasteiger charge is 2.30. The van der Waals surface area contributed by atoms with Gasteiger partial charge >= 0.3 is 0 Å². The van der Waals surface area contributed by atoms with Crippen molar-refractivity contribution >= 4 is 5.91 Å². The Bertz CT molecular complexity index is 741. The summed E-state index contributed by atoms with van der Waals surface area (Å²) >= 11 is 0. The quantitative estimate of drug-likeness (QED) is 0.904. The standard InChI is InChI=1S/C18H17F2NO3/c1-10(17(22)12-6-7-13(19)14(20)8-12)21-18(23)16-9-11-4-2-3-5-15(11)24-16/h2-8,10,16-17,22H,9H2,1H3,(H,21,23). The largest absolute Gasteiger partial charge is 0.480 e. The molecule has 1 aliphatic heterocycles. The first-order valence-corrected chi connectivity index (χ1v) is 7.63. The third kappa shape index (κ3) is 3.23. The number of rotatable bonds is 4. The van der Waals surface area contributed by atoms with Crippen molar-refractivity contribution in [2.75, 3.05) is 0 Å². The maximum Gasteiger partial charge on any atom is 0.261 e. The molecule has 2 N–H and O–H groups in total. The summed E-state index contributed by atoms with van der Waals surface area (Å²) in [5.74, 6) is -1.72. The summed E-state index contributed by atoms with van der Waals surface area (Å²) in [5.41, 5.74) is 1.14. The molecule has 6 heteroatoms. The first kappa shape index (κ1) is 16.4. The second-order valence-electron chi connectivity index (χ2n) is 5.83. The normalized spacial score (nSPS) is 18.4. The number of para-hydroxylation sites is 1. The lowest BCUT2D eigenvalue weighted by Gasteiger charge is -2.22. The molecule has 0 fully saturated rings. The summed E-state index contributed by atoms with van der Waals surface area (Å²) in [5, 5.41) is 12.9. The first-order valence-electron chi connectivity index (χ1n) is 7.63. The Morgan fingerprint density at radius 3 is 2.71 bits per heavy atom. The average molecular weight is 333 g/mol. The fraction of sp³-hybridized carbons (Fsp3) is 0.278. The summed E-state index contributed by atoms with van der Waals surface area (Å²) in [6.07, 6.45) is -1.37. The van der Waals surface area contributed by atoms with E-state index in [1.807, 2.05) is 18.2 Å². The summed E-state index contributed by atoms with van der Waals surface area (Å²) in [6, 6.07) is 9.85. The maximum absolute atomic E-state index is 13.3. The van der Waals surface area contributed by atoms with E-state index in [2.05, 4.69) is 5.32 Å². The number of hydrogen-bond acceptors (Lipinski definition) is 3. The van der Waals surface area contributed by atoms with Gasteiger partial charge in [-0.25, -0.2) is 8.78 Å². The van der Waals surface area contributed by atoms with Crippen molar-refractivity contribution in [2.45, 2.75) is 31.6 Å². The van der Waals surface area contributed by atoms with E-state index in [9.17, 15) is 18.7 Å².